The van der Waals surface area contributed by atoms with E-state index in [0.717, 1.165) is 29.7 Å². The van der Waals surface area contributed by atoms with Crippen molar-refractivity contribution in [2.45, 2.75) is 31.8 Å². The van der Waals surface area contributed by atoms with Crippen LogP contribution in [0.15, 0.2) is 12.1 Å². The van der Waals surface area contributed by atoms with Gasteiger partial charge in [-0.1, -0.05) is 0 Å². The molecule has 4 rings (SSSR count). The first-order valence-corrected chi connectivity index (χ1v) is 7.02. The summed E-state index contributed by atoms with van der Waals surface area (Å²) >= 11 is 0. The molecule has 4 heteroatoms. The molecule has 1 N–H and O–H groups in total. The van der Waals surface area contributed by atoms with Crippen molar-refractivity contribution in [3.8, 4) is 0 Å². The van der Waals surface area contributed by atoms with Gasteiger partial charge in [-0.25, -0.2) is 13.2 Å². The van der Waals surface area contributed by atoms with Crippen molar-refractivity contribution in [2.24, 2.45) is 23.7 Å². The van der Waals surface area contributed by atoms with Crippen molar-refractivity contribution in [1.29, 1.82) is 0 Å². The van der Waals surface area contributed by atoms with Crippen LogP contribution in [0.2, 0.25) is 0 Å². The number of halogens is 3. The zero-order valence-electron chi connectivity index (χ0n) is 10.5. The highest BCUT2D eigenvalue weighted by atomic mass is 19.2. The second-order valence-electron chi connectivity index (χ2n) is 6.25. The van der Waals surface area contributed by atoms with Gasteiger partial charge in [0, 0.05) is 24.2 Å². The van der Waals surface area contributed by atoms with E-state index in [4.69, 9.17) is 0 Å². The smallest absolute Gasteiger partial charge is 0.161 e. The van der Waals surface area contributed by atoms with Gasteiger partial charge in [-0.05, 0) is 49.0 Å². The standard InChI is InChI=1S/C15H16F3N/c16-10-5-12(18)11(17)4-9(10)6-19-15-13-7-1-2-8(3-7)14(13)15/h4-5,7-8,13-15,19H,1-3,6H2. The third kappa shape index (κ3) is 1.72. The van der Waals surface area contributed by atoms with E-state index in [-0.39, 0.29) is 5.56 Å². The maximum atomic E-state index is 13.5. The lowest BCUT2D eigenvalue weighted by molar-refractivity contribution is 0.452. The molecule has 0 radical (unpaired) electrons. The fourth-order valence-corrected chi connectivity index (χ4v) is 4.53. The molecular weight excluding hydrogens is 251 g/mol. The van der Waals surface area contributed by atoms with E-state index in [9.17, 15) is 13.2 Å². The first-order chi connectivity index (χ1) is 9.15. The number of hydrogen-bond acceptors (Lipinski definition) is 1. The molecule has 19 heavy (non-hydrogen) atoms. The summed E-state index contributed by atoms with van der Waals surface area (Å²) in [6.45, 7) is 0.292. The van der Waals surface area contributed by atoms with Crippen molar-refractivity contribution in [3.63, 3.8) is 0 Å². The summed E-state index contributed by atoms with van der Waals surface area (Å²) in [5, 5.41) is 3.33. The molecule has 3 fully saturated rings. The summed E-state index contributed by atoms with van der Waals surface area (Å²) in [6, 6.07) is 2.06. The lowest BCUT2D eigenvalue weighted by Gasteiger charge is -2.11. The average Bonchev–Trinajstić information content (AvgIpc) is 2.78. The average molecular weight is 267 g/mol. The minimum absolute atomic E-state index is 0.219. The summed E-state index contributed by atoms with van der Waals surface area (Å²) in [5.41, 5.74) is 0.219. The van der Waals surface area contributed by atoms with Crippen LogP contribution in [0.1, 0.15) is 24.8 Å². The van der Waals surface area contributed by atoms with E-state index in [2.05, 4.69) is 5.32 Å². The van der Waals surface area contributed by atoms with E-state index in [1.807, 2.05) is 0 Å². The van der Waals surface area contributed by atoms with Crippen LogP contribution in [0.4, 0.5) is 13.2 Å². The van der Waals surface area contributed by atoms with Crippen molar-refractivity contribution in [1.82, 2.24) is 5.32 Å². The first kappa shape index (κ1) is 11.8. The lowest BCUT2D eigenvalue weighted by atomic mass is 10.0. The maximum Gasteiger partial charge on any atom is 0.161 e. The predicted octanol–water partition coefficient (Wildman–Crippen LogP) is 3.24. The molecule has 3 saturated carbocycles. The first-order valence-electron chi connectivity index (χ1n) is 7.02. The molecule has 0 saturated heterocycles. The number of fused-ring (bicyclic) bond motifs is 5. The lowest BCUT2D eigenvalue weighted by Crippen LogP contribution is -2.23. The Kier molecular flexibility index (Phi) is 2.47. The second kappa shape index (κ2) is 3.98. The van der Waals surface area contributed by atoms with Crippen LogP contribution in [0.25, 0.3) is 0 Å². The Hall–Kier alpha value is -1.03. The SMILES string of the molecule is Fc1cc(F)c(CNC2C3C4CCC(C4)C23)cc1F. The quantitative estimate of drug-likeness (QED) is 0.829. The zero-order chi connectivity index (χ0) is 13.1. The van der Waals surface area contributed by atoms with Crippen molar-refractivity contribution >= 4 is 0 Å². The van der Waals surface area contributed by atoms with Crippen molar-refractivity contribution < 1.29 is 13.2 Å². The van der Waals surface area contributed by atoms with E-state index in [1.165, 1.54) is 19.3 Å². The highest BCUT2D eigenvalue weighted by molar-refractivity contribution is 5.22. The molecule has 1 nitrogen and oxygen atoms in total. The Morgan fingerprint density at radius 3 is 2.26 bits per heavy atom. The Balaban J connectivity index is 1.43. The number of hydrogen-bond donors (Lipinski definition) is 1. The maximum absolute atomic E-state index is 13.5. The van der Waals surface area contributed by atoms with Gasteiger partial charge in [0.15, 0.2) is 11.6 Å². The van der Waals surface area contributed by atoms with Crippen molar-refractivity contribution in [2.75, 3.05) is 0 Å². The van der Waals surface area contributed by atoms with Crippen LogP contribution in [-0.4, -0.2) is 6.04 Å². The van der Waals surface area contributed by atoms with E-state index < -0.39 is 17.5 Å². The highest BCUT2D eigenvalue weighted by Crippen LogP contribution is 2.65. The zero-order valence-corrected chi connectivity index (χ0v) is 10.5. The van der Waals surface area contributed by atoms with E-state index >= 15 is 0 Å². The van der Waals surface area contributed by atoms with Gasteiger partial charge in [-0.3, -0.25) is 0 Å². The topological polar surface area (TPSA) is 12.0 Å². The van der Waals surface area contributed by atoms with Crippen molar-refractivity contribution in [3.05, 3.63) is 35.1 Å². The van der Waals surface area contributed by atoms with E-state index in [0.29, 0.717) is 18.7 Å². The minimum Gasteiger partial charge on any atom is -0.309 e. The normalized spacial score (nSPS) is 38.6. The largest absolute Gasteiger partial charge is 0.309 e. The Bertz CT molecular complexity index is 514. The molecule has 4 atom stereocenters. The van der Waals surface area contributed by atoms with Crippen LogP contribution < -0.4 is 5.32 Å². The van der Waals surface area contributed by atoms with Crippen LogP contribution >= 0.6 is 0 Å². The fourth-order valence-electron chi connectivity index (χ4n) is 4.53. The Labute approximate surface area is 110 Å². The molecule has 0 aliphatic heterocycles. The molecule has 102 valence electrons. The van der Waals surface area contributed by atoms with Gasteiger partial charge in [0.05, 0.1) is 0 Å². The molecule has 0 heterocycles. The van der Waals surface area contributed by atoms with Gasteiger partial charge in [0.1, 0.15) is 5.82 Å². The molecule has 4 unspecified atom stereocenters. The number of rotatable bonds is 3. The van der Waals surface area contributed by atoms with Gasteiger partial charge in [-0.15, -0.1) is 0 Å². The molecule has 0 spiro atoms. The molecule has 3 aliphatic carbocycles. The fraction of sp³-hybridized carbons (Fsp3) is 0.600. The third-order valence-electron chi connectivity index (χ3n) is 5.35. The molecule has 1 aromatic rings. The van der Waals surface area contributed by atoms with Gasteiger partial charge >= 0.3 is 0 Å². The molecule has 0 aromatic heterocycles. The summed E-state index contributed by atoms with van der Waals surface area (Å²) in [4.78, 5) is 0. The predicted molar refractivity (Wildman–Crippen MR) is 64.8 cm³/mol. The number of benzene rings is 1. The molecule has 2 bridgehead atoms. The minimum atomic E-state index is -1.12. The Morgan fingerprint density at radius 1 is 0.947 bits per heavy atom. The highest BCUT2D eigenvalue weighted by Gasteiger charge is 2.64. The van der Waals surface area contributed by atoms with Gasteiger partial charge in [0.2, 0.25) is 0 Å². The molecular formula is C15H16F3N. The summed E-state index contributed by atoms with van der Waals surface area (Å²) < 4.78 is 39.4. The van der Waals surface area contributed by atoms with E-state index in [1.54, 1.807) is 0 Å². The van der Waals surface area contributed by atoms with Crippen LogP contribution in [0.3, 0.4) is 0 Å². The monoisotopic (exact) mass is 267 g/mol. The summed E-state index contributed by atoms with van der Waals surface area (Å²) in [5.74, 6) is 0.445. The molecule has 1 aromatic carbocycles. The molecule has 0 amide bonds. The van der Waals surface area contributed by atoms with Gasteiger partial charge in [-0.2, -0.15) is 0 Å². The van der Waals surface area contributed by atoms with Gasteiger partial charge < -0.3 is 5.32 Å². The van der Waals surface area contributed by atoms with Crippen LogP contribution in [-0.2, 0) is 6.54 Å². The number of nitrogens with one attached hydrogen (secondary N) is 1. The van der Waals surface area contributed by atoms with Gasteiger partial charge in [0.25, 0.3) is 0 Å². The Morgan fingerprint density at radius 2 is 1.58 bits per heavy atom. The van der Waals surface area contributed by atoms with Crippen LogP contribution in [0, 0.1) is 41.1 Å². The summed E-state index contributed by atoms with van der Waals surface area (Å²) in [7, 11) is 0. The second-order valence-corrected chi connectivity index (χ2v) is 6.25. The van der Waals surface area contributed by atoms with Crippen LogP contribution in [0.5, 0.6) is 0 Å². The molecule has 3 aliphatic rings. The summed E-state index contributed by atoms with van der Waals surface area (Å²) in [6.07, 6.45) is 4.04. The third-order valence-corrected chi connectivity index (χ3v) is 5.35.